The first kappa shape index (κ1) is 24.8. The highest BCUT2D eigenvalue weighted by Gasteiger charge is 2.21. The maximum absolute atomic E-state index is 2.48. The molecule has 0 saturated carbocycles. The van der Waals surface area contributed by atoms with Crippen molar-refractivity contribution in [3.05, 3.63) is 158 Å². The van der Waals surface area contributed by atoms with Crippen LogP contribution in [0.5, 0.6) is 0 Å². The molecular weight excluding hydrogens is 565 g/mol. The Bertz CT molecular complexity index is 2740. The first-order valence-electron chi connectivity index (χ1n) is 15.4. The second-order valence-corrected chi connectivity index (χ2v) is 12.8. The largest absolute Gasteiger partial charge is 0.309 e. The van der Waals surface area contributed by atoms with E-state index >= 15 is 0 Å². The monoisotopic (exact) mass is 590 g/mol. The van der Waals surface area contributed by atoms with E-state index in [9.17, 15) is 0 Å². The zero-order valence-electron chi connectivity index (χ0n) is 24.3. The summed E-state index contributed by atoms with van der Waals surface area (Å²) in [6.45, 7) is 0. The van der Waals surface area contributed by atoms with Crippen molar-refractivity contribution in [2.45, 2.75) is 0 Å². The van der Waals surface area contributed by atoms with E-state index in [1.54, 1.807) is 0 Å². The molecule has 0 spiro atoms. The van der Waals surface area contributed by atoms with E-state index in [4.69, 9.17) is 0 Å². The fourth-order valence-corrected chi connectivity index (χ4v) is 8.64. The molecule has 0 bridgehead atoms. The van der Waals surface area contributed by atoms with E-state index in [1.165, 1.54) is 86.3 Å². The average molecular weight is 591 g/mol. The number of para-hydroxylation sites is 3. The van der Waals surface area contributed by atoms with Crippen molar-refractivity contribution in [3.8, 4) is 22.5 Å². The molecule has 0 atom stereocenters. The van der Waals surface area contributed by atoms with Gasteiger partial charge in [0.1, 0.15) is 0 Å². The van der Waals surface area contributed by atoms with E-state index in [-0.39, 0.29) is 0 Å². The average Bonchev–Trinajstić information content (AvgIpc) is 3.76. The number of fused-ring (bicyclic) bond motifs is 10. The van der Waals surface area contributed by atoms with Crippen molar-refractivity contribution in [1.29, 1.82) is 0 Å². The van der Waals surface area contributed by atoms with Gasteiger partial charge in [-0.3, -0.25) is 0 Å². The Balaban J connectivity index is 1.37. The molecule has 10 rings (SSSR count). The third-order valence-corrected chi connectivity index (χ3v) is 10.5. The molecule has 0 unspecified atom stereocenters. The Morgan fingerprint density at radius 3 is 1.58 bits per heavy atom. The van der Waals surface area contributed by atoms with Gasteiger partial charge < -0.3 is 9.13 Å². The molecule has 0 aliphatic rings. The number of hydrogen-bond acceptors (Lipinski definition) is 1. The minimum Gasteiger partial charge on any atom is -0.309 e. The molecule has 0 N–H and O–H groups in total. The van der Waals surface area contributed by atoms with Crippen molar-refractivity contribution < 1.29 is 0 Å². The summed E-state index contributed by atoms with van der Waals surface area (Å²) in [5.74, 6) is 0. The second-order valence-electron chi connectivity index (χ2n) is 11.7. The molecule has 0 radical (unpaired) electrons. The van der Waals surface area contributed by atoms with Gasteiger partial charge in [-0.05, 0) is 60.2 Å². The molecule has 210 valence electrons. The summed E-state index contributed by atoms with van der Waals surface area (Å²) in [7, 11) is 0. The van der Waals surface area contributed by atoms with Gasteiger partial charge in [-0.15, -0.1) is 11.3 Å². The summed E-state index contributed by atoms with van der Waals surface area (Å²) in [4.78, 5) is 0. The van der Waals surface area contributed by atoms with E-state index in [1.807, 2.05) is 11.3 Å². The number of nitrogens with zero attached hydrogens (tertiary/aromatic N) is 2. The molecule has 3 heterocycles. The Hall–Kier alpha value is -5.64. The van der Waals surface area contributed by atoms with Crippen LogP contribution in [0.4, 0.5) is 0 Å². The molecule has 45 heavy (non-hydrogen) atoms. The second kappa shape index (κ2) is 9.43. The minimum absolute atomic E-state index is 1.18. The molecule has 10 aromatic rings. The molecule has 2 nitrogen and oxygen atoms in total. The van der Waals surface area contributed by atoms with Crippen LogP contribution in [0, 0.1) is 0 Å². The van der Waals surface area contributed by atoms with Crippen molar-refractivity contribution in [2.24, 2.45) is 0 Å². The Kier molecular flexibility index (Phi) is 5.19. The summed E-state index contributed by atoms with van der Waals surface area (Å²) in [6.07, 6.45) is 0. The van der Waals surface area contributed by atoms with Gasteiger partial charge in [-0.25, -0.2) is 0 Å². The van der Waals surface area contributed by atoms with Crippen molar-refractivity contribution >= 4 is 75.1 Å². The molecule has 0 aliphatic heterocycles. The van der Waals surface area contributed by atoms with E-state index < -0.39 is 0 Å². The van der Waals surface area contributed by atoms with Gasteiger partial charge in [0, 0.05) is 58.7 Å². The highest BCUT2D eigenvalue weighted by Crippen LogP contribution is 2.45. The number of rotatable bonds is 3. The summed E-state index contributed by atoms with van der Waals surface area (Å²) in [6, 6.07) is 57.6. The lowest BCUT2D eigenvalue weighted by Crippen LogP contribution is -1.95. The van der Waals surface area contributed by atoms with E-state index in [2.05, 4.69) is 167 Å². The minimum atomic E-state index is 1.18. The molecule has 7 aromatic carbocycles. The maximum atomic E-state index is 2.48. The lowest BCUT2D eigenvalue weighted by molar-refractivity contribution is 1.17. The molecule has 3 aromatic heterocycles. The van der Waals surface area contributed by atoms with Gasteiger partial charge in [-0.2, -0.15) is 0 Å². The summed E-state index contributed by atoms with van der Waals surface area (Å²) >= 11 is 1.89. The van der Waals surface area contributed by atoms with E-state index in [0.29, 0.717) is 0 Å². The topological polar surface area (TPSA) is 9.86 Å². The predicted octanol–water partition coefficient (Wildman–Crippen LogP) is 11.9. The third-order valence-electron chi connectivity index (χ3n) is 9.29. The van der Waals surface area contributed by atoms with Crippen LogP contribution in [0.15, 0.2) is 158 Å². The van der Waals surface area contributed by atoms with Gasteiger partial charge in [0.05, 0.1) is 22.1 Å². The molecule has 0 fully saturated rings. The fraction of sp³-hybridized carbons (Fsp3) is 0. The third kappa shape index (κ3) is 3.50. The molecule has 3 heteroatoms. The first-order valence-corrected chi connectivity index (χ1v) is 16.2. The Labute approximate surface area is 263 Å². The van der Waals surface area contributed by atoms with Crippen molar-refractivity contribution in [3.63, 3.8) is 0 Å². The molecule has 0 amide bonds. The van der Waals surface area contributed by atoms with Crippen LogP contribution in [0.1, 0.15) is 0 Å². The zero-order chi connectivity index (χ0) is 29.5. The number of hydrogen-bond donors (Lipinski definition) is 0. The maximum Gasteiger partial charge on any atom is 0.0548 e. The van der Waals surface area contributed by atoms with Gasteiger partial charge in [0.25, 0.3) is 0 Å². The SMILES string of the molecule is c1ccc(-c2cc(-n3c4ccccc4c4c5c6ccccc6n(-c6ccccc6)c5ccc43)cc3c2sc2ccccc23)cc1. The van der Waals surface area contributed by atoms with Crippen LogP contribution in [-0.2, 0) is 0 Å². The van der Waals surface area contributed by atoms with Crippen LogP contribution < -0.4 is 0 Å². The van der Waals surface area contributed by atoms with Crippen LogP contribution in [0.2, 0.25) is 0 Å². The normalized spacial score (nSPS) is 12.0. The Morgan fingerprint density at radius 2 is 0.911 bits per heavy atom. The van der Waals surface area contributed by atoms with Crippen molar-refractivity contribution in [1.82, 2.24) is 9.13 Å². The summed E-state index contributed by atoms with van der Waals surface area (Å²) in [5.41, 5.74) is 9.76. The summed E-state index contributed by atoms with van der Waals surface area (Å²) < 4.78 is 7.55. The lowest BCUT2D eigenvalue weighted by Gasteiger charge is -2.12. The van der Waals surface area contributed by atoms with Gasteiger partial charge in [0.15, 0.2) is 0 Å². The number of benzene rings is 7. The zero-order valence-corrected chi connectivity index (χ0v) is 25.1. The fourth-order valence-electron chi connectivity index (χ4n) is 7.42. The number of thiophene rings is 1. The van der Waals surface area contributed by atoms with Crippen LogP contribution in [-0.4, -0.2) is 9.13 Å². The van der Waals surface area contributed by atoms with Crippen LogP contribution in [0.25, 0.3) is 86.3 Å². The number of aromatic nitrogens is 2. The van der Waals surface area contributed by atoms with Gasteiger partial charge in [0.2, 0.25) is 0 Å². The highest BCUT2D eigenvalue weighted by atomic mass is 32.1. The first-order chi connectivity index (χ1) is 22.3. The smallest absolute Gasteiger partial charge is 0.0548 e. The quantitative estimate of drug-likeness (QED) is 0.194. The molecule has 0 saturated heterocycles. The summed E-state index contributed by atoms with van der Waals surface area (Å²) in [5, 5.41) is 7.75. The van der Waals surface area contributed by atoms with Gasteiger partial charge >= 0.3 is 0 Å². The standard InChI is InChI=1S/C42H26N2S/c1-3-13-27(14-4-1)33-25-29(26-34-30-17-9-12-22-39(30)45-42(33)34)44-36-21-11-8-19-32(36)41-38(44)24-23-37-40(41)31-18-7-10-20-35(31)43(37)28-15-5-2-6-16-28/h1-26H. The van der Waals surface area contributed by atoms with Crippen LogP contribution in [0.3, 0.4) is 0 Å². The Morgan fingerprint density at radius 1 is 0.378 bits per heavy atom. The predicted molar refractivity (Wildman–Crippen MR) is 193 cm³/mol. The molecule has 0 aliphatic carbocycles. The highest BCUT2D eigenvalue weighted by molar-refractivity contribution is 7.26. The van der Waals surface area contributed by atoms with E-state index in [0.717, 1.165) is 0 Å². The molecular formula is C42H26N2S. The van der Waals surface area contributed by atoms with Crippen molar-refractivity contribution in [2.75, 3.05) is 0 Å². The lowest BCUT2D eigenvalue weighted by atomic mass is 10.0. The van der Waals surface area contributed by atoms with Gasteiger partial charge in [-0.1, -0.05) is 103 Å². The van der Waals surface area contributed by atoms with Crippen LogP contribution >= 0.6 is 11.3 Å².